The summed E-state index contributed by atoms with van der Waals surface area (Å²) in [6, 6.07) is 2.95. The molecule has 6 atom stereocenters. The van der Waals surface area contributed by atoms with Crippen LogP contribution in [-0.2, 0) is 25.4 Å². The summed E-state index contributed by atoms with van der Waals surface area (Å²) in [5, 5.41) is 34.5. The Morgan fingerprint density at radius 1 is 1.08 bits per heavy atom. The van der Waals surface area contributed by atoms with Crippen molar-refractivity contribution >= 4 is 17.7 Å². The van der Waals surface area contributed by atoms with Crippen LogP contribution in [0.4, 0.5) is 10.5 Å². The Morgan fingerprint density at radius 2 is 1.74 bits per heavy atom. The number of carbonyl (C=O) groups excluding carboxylic acids is 2. The Kier molecular flexibility index (Phi) is 12.3. The van der Waals surface area contributed by atoms with Gasteiger partial charge in [0.05, 0.1) is 18.3 Å². The van der Waals surface area contributed by atoms with Crippen LogP contribution in [-0.4, -0.2) is 66.0 Å². The summed E-state index contributed by atoms with van der Waals surface area (Å²) in [5.41, 5.74) is 7.36. The number of amides is 2. The second kappa shape index (κ2) is 14.9. The summed E-state index contributed by atoms with van der Waals surface area (Å²) in [4.78, 5) is 24.5. The van der Waals surface area contributed by atoms with Crippen molar-refractivity contribution in [2.75, 3.05) is 19.5 Å². The topological polar surface area (TPSA) is 161 Å². The number of hydrogen-bond acceptors (Lipinski definition) is 8. The molecule has 1 heterocycles. The molecule has 0 saturated heterocycles. The number of carbonyl (C=O) groups is 2. The number of phenols is 2. The molecule has 10 heteroatoms. The lowest BCUT2D eigenvalue weighted by Gasteiger charge is -2.30. The first kappa shape index (κ1) is 32.1. The molecule has 1 aromatic carbocycles. The number of aryl methyl sites for hydroxylation is 1. The average Bonchev–Trinajstić information content (AvgIpc) is 2.88. The van der Waals surface area contributed by atoms with Gasteiger partial charge in [-0.05, 0) is 69.1 Å². The molecule has 1 aliphatic heterocycles. The minimum absolute atomic E-state index is 0.0984. The van der Waals surface area contributed by atoms with Gasteiger partial charge in [0.15, 0.2) is 17.6 Å². The number of aromatic hydroxyl groups is 2. The van der Waals surface area contributed by atoms with E-state index in [0.29, 0.717) is 54.5 Å². The minimum Gasteiger partial charge on any atom is -0.504 e. The molecule has 0 aromatic heterocycles. The number of methoxy groups -OCH3 is 2. The zero-order valence-electron chi connectivity index (χ0n) is 23.8. The number of phenolic OH excluding ortho intramolecular Hbond substituents is 2. The number of anilines is 1. The van der Waals surface area contributed by atoms with Gasteiger partial charge in [0.25, 0.3) is 5.91 Å². The number of aliphatic hydroxyl groups excluding tert-OH is 1. The van der Waals surface area contributed by atoms with Gasteiger partial charge in [-0.15, -0.1) is 0 Å². The number of ether oxygens (including phenoxy) is 3. The van der Waals surface area contributed by atoms with E-state index in [-0.39, 0.29) is 29.2 Å². The van der Waals surface area contributed by atoms with E-state index < -0.39 is 30.5 Å². The fourth-order valence-electron chi connectivity index (χ4n) is 4.95. The van der Waals surface area contributed by atoms with E-state index in [0.717, 1.165) is 0 Å². The van der Waals surface area contributed by atoms with Gasteiger partial charge in [-0.1, -0.05) is 26.0 Å². The first-order valence-corrected chi connectivity index (χ1v) is 13.3. The predicted molar refractivity (Wildman–Crippen MR) is 148 cm³/mol. The Hall–Kier alpha value is -3.08. The summed E-state index contributed by atoms with van der Waals surface area (Å²) < 4.78 is 16.7. The van der Waals surface area contributed by atoms with Crippen LogP contribution < -0.4 is 11.1 Å². The van der Waals surface area contributed by atoms with Gasteiger partial charge in [-0.2, -0.15) is 0 Å². The van der Waals surface area contributed by atoms with Crippen molar-refractivity contribution in [1.29, 1.82) is 0 Å². The summed E-state index contributed by atoms with van der Waals surface area (Å²) in [6.45, 7) is 7.34. The number of hydrogen-bond donors (Lipinski definition) is 5. The van der Waals surface area contributed by atoms with Gasteiger partial charge in [0.2, 0.25) is 0 Å². The van der Waals surface area contributed by atoms with Crippen molar-refractivity contribution in [3.8, 4) is 11.5 Å². The predicted octanol–water partition coefficient (Wildman–Crippen LogP) is 4.17. The molecular weight excluding hydrogens is 504 g/mol. The molecular formula is C29H44N2O8. The van der Waals surface area contributed by atoms with Crippen molar-refractivity contribution in [3.63, 3.8) is 0 Å². The van der Waals surface area contributed by atoms with E-state index in [9.17, 15) is 24.9 Å². The summed E-state index contributed by atoms with van der Waals surface area (Å²) in [7, 11) is 3.06. The first-order valence-electron chi connectivity index (χ1n) is 13.3. The van der Waals surface area contributed by atoms with Crippen LogP contribution in [0, 0.1) is 11.8 Å². The smallest absolute Gasteiger partial charge is 0.405 e. The Balaban J connectivity index is 2.47. The number of benzene rings is 1. The molecule has 2 bridgehead atoms. The molecule has 1 aliphatic rings. The zero-order chi connectivity index (χ0) is 29.3. The monoisotopic (exact) mass is 548 g/mol. The lowest BCUT2D eigenvalue weighted by Crippen LogP contribution is -2.37. The highest BCUT2D eigenvalue weighted by Gasteiger charge is 2.30. The number of nitrogens with two attached hydrogens (primary N) is 1. The van der Waals surface area contributed by atoms with Gasteiger partial charge in [0.1, 0.15) is 0 Å². The van der Waals surface area contributed by atoms with Gasteiger partial charge >= 0.3 is 6.09 Å². The average molecular weight is 549 g/mol. The normalized spacial score (nSPS) is 30.7. The lowest BCUT2D eigenvalue weighted by molar-refractivity contribution is -0.112. The van der Waals surface area contributed by atoms with Crippen LogP contribution in [0.25, 0.3) is 0 Å². The molecule has 6 N–H and O–H groups in total. The lowest BCUT2D eigenvalue weighted by atomic mass is 9.88. The maximum Gasteiger partial charge on any atom is 0.405 e. The van der Waals surface area contributed by atoms with Gasteiger partial charge in [-0.3, -0.25) is 4.79 Å². The summed E-state index contributed by atoms with van der Waals surface area (Å²) in [5.74, 6) is -1.13. The Labute approximate surface area is 230 Å². The van der Waals surface area contributed by atoms with Gasteiger partial charge in [-0.25, -0.2) is 4.79 Å². The number of aliphatic hydroxyl groups is 1. The summed E-state index contributed by atoms with van der Waals surface area (Å²) >= 11 is 0. The van der Waals surface area contributed by atoms with Gasteiger partial charge < -0.3 is 40.6 Å². The van der Waals surface area contributed by atoms with Crippen LogP contribution in [0.15, 0.2) is 35.4 Å². The number of allylic oxidation sites excluding steroid dienone is 1. The van der Waals surface area contributed by atoms with Crippen molar-refractivity contribution in [1.82, 2.24) is 0 Å². The van der Waals surface area contributed by atoms with E-state index in [1.807, 2.05) is 19.9 Å². The van der Waals surface area contributed by atoms with Crippen LogP contribution in [0.5, 0.6) is 11.5 Å². The SMILES string of the molecule is COC1CC/C=C(\C)C(=O)Nc2cc(O)c(O)c(c2)CCC(C)CC(OC)C(O)C(C)/C=C(\C)C1OC(N)=O. The van der Waals surface area contributed by atoms with E-state index in [2.05, 4.69) is 5.32 Å². The molecule has 0 radical (unpaired) electrons. The molecule has 39 heavy (non-hydrogen) atoms. The molecule has 0 aliphatic carbocycles. The molecule has 6 unspecified atom stereocenters. The van der Waals surface area contributed by atoms with Crippen LogP contribution >= 0.6 is 0 Å². The van der Waals surface area contributed by atoms with Crippen LogP contribution in [0.2, 0.25) is 0 Å². The number of primary amides is 1. The van der Waals surface area contributed by atoms with Crippen molar-refractivity contribution in [2.24, 2.45) is 17.6 Å². The minimum atomic E-state index is -0.941. The second-order valence-electron chi connectivity index (χ2n) is 10.5. The summed E-state index contributed by atoms with van der Waals surface area (Å²) in [6.07, 6.45) is 2.49. The van der Waals surface area contributed by atoms with Gasteiger partial charge in [0, 0.05) is 37.5 Å². The van der Waals surface area contributed by atoms with Crippen LogP contribution in [0.1, 0.15) is 58.9 Å². The molecule has 0 spiro atoms. The third-order valence-electron chi connectivity index (χ3n) is 7.31. The molecule has 0 fully saturated rings. The van der Waals surface area contributed by atoms with Crippen LogP contribution in [0.3, 0.4) is 0 Å². The maximum atomic E-state index is 12.8. The maximum absolute atomic E-state index is 12.8. The van der Waals surface area contributed by atoms with E-state index >= 15 is 0 Å². The number of fused-ring (bicyclic) bond motifs is 2. The molecule has 1 aromatic rings. The standard InChI is InChI=1S/C29H44N2O8/c1-16-10-11-20-14-21(15-22(32)26(20)34)31-28(35)17(2)8-7-9-23(37-5)27(39-29(30)36)19(4)13-18(3)25(33)24(12-16)38-6/h8,13-16,18,23-25,27,32-34H,7,9-12H2,1-6H3,(H2,30,36)(H,31,35)/b17-8+,19-13+. The quantitative estimate of drug-likeness (QED) is 0.214. The molecule has 2 rings (SSSR count). The molecule has 218 valence electrons. The highest BCUT2D eigenvalue weighted by atomic mass is 16.6. The van der Waals surface area contributed by atoms with Crippen molar-refractivity contribution in [3.05, 3.63) is 41.0 Å². The third-order valence-corrected chi connectivity index (χ3v) is 7.31. The van der Waals surface area contributed by atoms with E-state index in [1.165, 1.54) is 13.2 Å². The zero-order valence-corrected chi connectivity index (χ0v) is 23.8. The first-order chi connectivity index (χ1) is 18.4. The number of rotatable bonds is 3. The third kappa shape index (κ3) is 9.26. The molecule has 10 nitrogen and oxygen atoms in total. The largest absolute Gasteiger partial charge is 0.504 e. The fraction of sp³-hybridized carbons (Fsp3) is 0.586. The Bertz CT molecular complexity index is 1050. The highest BCUT2D eigenvalue weighted by Crippen LogP contribution is 2.35. The second-order valence-corrected chi connectivity index (χ2v) is 10.5. The van der Waals surface area contributed by atoms with Crippen molar-refractivity contribution in [2.45, 2.75) is 84.2 Å². The highest BCUT2D eigenvalue weighted by molar-refractivity contribution is 6.03. The van der Waals surface area contributed by atoms with E-state index in [4.69, 9.17) is 19.9 Å². The molecule has 2 amide bonds. The number of nitrogens with one attached hydrogen (secondary N) is 1. The molecule has 0 saturated carbocycles. The Morgan fingerprint density at radius 3 is 2.36 bits per heavy atom. The van der Waals surface area contributed by atoms with E-state index in [1.54, 1.807) is 33.1 Å². The fourth-order valence-corrected chi connectivity index (χ4v) is 4.95. The van der Waals surface area contributed by atoms with Crippen molar-refractivity contribution < 1.29 is 39.1 Å².